The second-order valence-electron chi connectivity index (χ2n) is 6.36. The van der Waals surface area contributed by atoms with Crippen molar-refractivity contribution in [1.29, 1.82) is 0 Å². The number of carbonyl (C=O) groups is 2. The van der Waals surface area contributed by atoms with Gasteiger partial charge in [-0.25, -0.2) is 0 Å². The summed E-state index contributed by atoms with van der Waals surface area (Å²) in [5.41, 5.74) is 0. The largest absolute Gasteiger partial charge is 0.343 e. The Labute approximate surface area is 134 Å². The van der Waals surface area contributed by atoms with E-state index in [9.17, 15) is 9.59 Å². The lowest BCUT2D eigenvalue weighted by molar-refractivity contribution is -0.152. The summed E-state index contributed by atoms with van der Waals surface area (Å²) in [6.45, 7) is 10.9. The molecule has 3 aliphatic rings. The van der Waals surface area contributed by atoms with Gasteiger partial charge in [-0.05, 0) is 52.4 Å². The summed E-state index contributed by atoms with van der Waals surface area (Å²) in [6, 6.07) is 0. The second kappa shape index (κ2) is 7.30. The highest BCUT2D eigenvalue weighted by molar-refractivity contribution is 5.89. The first-order chi connectivity index (χ1) is 10.6. The number of fused-ring (bicyclic) bond motifs is 2. The first kappa shape index (κ1) is 17.0. The average Bonchev–Trinajstić information content (AvgIpc) is 2.57. The highest BCUT2D eigenvalue weighted by Gasteiger charge is 2.49. The Balaban J connectivity index is 2.30. The van der Waals surface area contributed by atoms with E-state index in [1.807, 2.05) is 37.5 Å². The van der Waals surface area contributed by atoms with Gasteiger partial charge in [0.15, 0.2) is 0 Å². The van der Waals surface area contributed by atoms with E-state index in [0.717, 1.165) is 39.0 Å². The molecule has 124 valence electrons. The predicted molar refractivity (Wildman–Crippen MR) is 88.2 cm³/mol. The van der Waals surface area contributed by atoms with E-state index in [2.05, 4.69) is 12.2 Å². The second-order valence-corrected chi connectivity index (χ2v) is 6.36. The van der Waals surface area contributed by atoms with E-state index in [4.69, 9.17) is 0 Å². The van der Waals surface area contributed by atoms with Crippen LogP contribution in [-0.2, 0) is 9.59 Å². The molecule has 4 atom stereocenters. The Morgan fingerprint density at radius 1 is 0.773 bits per heavy atom. The predicted octanol–water partition coefficient (Wildman–Crippen LogP) is 2.55. The van der Waals surface area contributed by atoms with Crippen LogP contribution in [-0.4, -0.2) is 47.8 Å². The lowest BCUT2D eigenvalue weighted by Gasteiger charge is -2.46. The molecule has 0 aromatic heterocycles. The molecule has 0 aliphatic heterocycles. The van der Waals surface area contributed by atoms with Gasteiger partial charge < -0.3 is 9.80 Å². The summed E-state index contributed by atoms with van der Waals surface area (Å²) in [6.07, 6.45) is 6.46. The normalized spacial score (nSPS) is 29.5. The fourth-order valence-corrected chi connectivity index (χ4v) is 4.16. The third kappa shape index (κ3) is 2.92. The summed E-state index contributed by atoms with van der Waals surface area (Å²) in [4.78, 5) is 29.8. The summed E-state index contributed by atoms with van der Waals surface area (Å²) < 4.78 is 0. The molecule has 2 amide bonds. The molecule has 1 fully saturated rings. The monoisotopic (exact) mass is 306 g/mol. The van der Waals surface area contributed by atoms with E-state index >= 15 is 0 Å². The first-order valence-electron chi connectivity index (χ1n) is 8.84. The Hall–Kier alpha value is -1.32. The van der Waals surface area contributed by atoms with Crippen LogP contribution in [0.15, 0.2) is 12.2 Å². The molecular weight excluding hydrogens is 276 g/mol. The van der Waals surface area contributed by atoms with Crippen LogP contribution in [0, 0.1) is 23.7 Å². The van der Waals surface area contributed by atoms with Crippen LogP contribution in [0.5, 0.6) is 0 Å². The van der Waals surface area contributed by atoms with Crippen molar-refractivity contribution in [2.75, 3.05) is 26.2 Å². The molecule has 0 heterocycles. The SMILES string of the molecule is CCN(CC)C(=O)[C@@H]1[C@H](C(=O)N(CC)CC)[C@@H]2C=C[C@H]1CC2. The van der Waals surface area contributed by atoms with Crippen molar-refractivity contribution in [3.63, 3.8) is 0 Å². The zero-order chi connectivity index (χ0) is 16.3. The van der Waals surface area contributed by atoms with Crippen molar-refractivity contribution in [1.82, 2.24) is 9.80 Å². The van der Waals surface area contributed by atoms with Gasteiger partial charge in [-0.2, -0.15) is 0 Å². The molecular formula is C18H30N2O2. The molecule has 0 aromatic carbocycles. The third-order valence-electron chi connectivity index (χ3n) is 5.47. The van der Waals surface area contributed by atoms with Gasteiger partial charge in [-0.1, -0.05) is 12.2 Å². The van der Waals surface area contributed by atoms with Crippen LogP contribution in [0.2, 0.25) is 0 Å². The quantitative estimate of drug-likeness (QED) is 0.708. The fraction of sp³-hybridized carbons (Fsp3) is 0.778. The maximum atomic E-state index is 13.0. The molecule has 1 saturated carbocycles. The van der Waals surface area contributed by atoms with Crippen molar-refractivity contribution in [3.05, 3.63) is 12.2 Å². The van der Waals surface area contributed by atoms with Gasteiger partial charge in [0.1, 0.15) is 0 Å². The Morgan fingerprint density at radius 2 is 1.09 bits per heavy atom. The molecule has 0 spiro atoms. The molecule has 0 N–H and O–H groups in total. The number of carbonyl (C=O) groups excluding carboxylic acids is 2. The zero-order valence-electron chi connectivity index (χ0n) is 14.4. The number of nitrogens with zero attached hydrogens (tertiary/aromatic N) is 2. The van der Waals surface area contributed by atoms with Crippen molar-refractivity contribution in [2.45, 2.75) is 40.5 Å². The maximum Gasteiger partial charge on any atom is 0.227 e. The highest BCUT2D eigenvalue weighted by Crippen LogP contribution is 2.46. The number of hydrogen-bond donors (Lipinski definition) is 0. The van der Waals surface area contributed by atoms with E-state index in [0.29, 0.717) is 0 Å². The molecule has 0 unspecified atom stereocenters. The average molecular weight is 306 g/mol. The van der Waals surface area contributed by atoms with Crippen molar-refractivity contribution in [3.8, 4) is 0 Å². The van der Waals surface area contributed by atoms with Gasteiger partial charge in [0.05, 0.1) is 11.8 Å². The number of rotatable bonds is 6. The topological polar surface area (TPSA) is 40.6 Å². The molecule has 2 bridgehead atoms. The van der Waals surface area contributed by atoms with Gasteiger partial charge >= 0.3 is 0 Å². The maximum absolute atomic E-state index is 13.0. The summed E-state index contributed by atoms with van der Waals surface area (Å²) in [5.74, 6) is 0.517. The minimum absolute atomic E-state index is 0.156. The molecule has 3 aliphatic carbocycles. The van der Waals surface area contributed by atoms with Gasteiger partial charge in [0.25, 0.3) is 0 Å². The minimum Gasteiger partial charge on any atom is -0.343 e. The molecule has 22 heavy (non-hydrogen) atoms. The van der Waals surface area contributed by atoms with Crippen LogP contribution in [0.1, 0.15) is 40.5 Å². The van der Waals surface area contributed by atoms with Crippen LogP contribution in [0.4, 0.5) is 0 Å². The standard InChI is InChI=1S/C18H30N2O2/c1-5-19(6-2)17(21)15-13-9-11-14(12-10-13)16(15)18(22)20(7-3)8-4/h9,11,13-16H,5-8,10,12H2,1-4H3/t13-,14+,15-,16+. The Kier molecular flexibility index (Phi) is 5.65. The van der Waals surface area contributed by atoms with Gasteiger partial charge in [0.2, 0.25) is 11.8 Å². The third-order valence-corrected chi connectivity index (χ3v) is 5.47. The molecule has 0 saturated heterocycles. The van der Waals surface area contributed by atoms with Crippen LogP contribution in [0.25, 0.3) is 0 Å². The zero-order valence-corrected chi connectivity index (χ0v) is 14.4. The summed E-state index contributed by atoms with van der Waals surface area (Å²) >= 11 is 0. The van der Waals surface area contributed by atoms with Crippen molar-refractivity contribution in [2.24, 2.45) is 23.7 Å². The molecule has 3 rings (SSSR count). The summed E-state index contributed by atoms with van der Waals surface area (Å²) in [7, 11) is 0. The van der Waals surface area contributed by atoms with E-state index < -0.39 is 0 Å². The lowest BCUT2D eigenvalue weighted by Crippen LogP contribution is -2.53. The number of amides is 2. The fourth-order valence-electron chi connectivity index (χ4n) is 4.16. The van der Waals surface area contributed by atoms with Crippen LogP contribution < -0.4 is 0 Å². The van der Waals surface area contributed by atoms with Crippen LogP contribution in [0.3, 0.4) is 0 Å². The van der Waals surface area contributed by atoms with E-state index in [-0.39, 0.29) is 35.5 Å². The first-order valence-corrected chi connectivity index (χ1v) is 8.84. The highest BCUT2D eigenvalue weighted by atomic mass is 16.2. The molecule has 0 aromatic rings. The number of hydrogen-bond acceptors (Lipinski definition) is 2. The summed E-state index contributed by atoms with van der Waals surface area (Å²) in [5, 5.41) is 0. The Morgan fingerprint density at radius 3 is 1.32 bits per heavy atom. The van der Waals surface area contributed by atoms with Gasteiger partial charge in [-0.3, -0.25) is 9.59 Å². The van der Waals surface area contributed by atoms with Crippen molar-refractivity contribution >= 4 is 11.8 Å². The smallest absolute Gasteiger partial charge is 0.227 e. The van der Waals surface area contributed by atoms with E-state index in [1.165, 1.54) is 0 Å². The molecule has 4 heteroatoms. The van der Waals surface area contributed by atoms with Crippen LogP contribution >= 0.6 is 0 Å². The molecule has 0 radical (unpaired) electrons. The minimum atomic E-state index is -0.156. The molecule has 4 nitrogen and oxygen atoms in total. The van der Waals surface area contributed by atoms with Gasteiger partial charge in [0, 0.05) is 26.2 Å². The van der Waals surface area contributed by atoms with E-state index in [1.54, 1.807) is 0 Å². The Bertz CT molecular complexity index is 398. The number of allylic oxidation sites excluding steroid dienone is 2. The van der Waals surface area contributed by atoms with Crippen molar-refractivity contribution < 1.29 is 9.59 Å². The lowest BCUT2D eigenvalue weighted by atomic mass is 9.61. The van der Waals surface area contributed by atoms with Gasteiger partial charge in [-0.15, -0.1) is 0 Å².